The molecule has 0 heterocycles. The van der Waals surface area contributed by atoms with E-state index in [-0.39, 0.29) is 5.84 Å². The third-order valence-corrected chi connectivity index (χ3v) is 2.84. The third kappa shape index (κ3) is 4.89. The molecule has 0 saturated carbocycles. The van der Waals surface area contributed by atoms with Crippen LogP contribution in [0.4, 0.5) is 0 Å². The summed E-state index contributed by atoms with van der Waals surface area (Å²) in [4.78, 5) is 2.06. The highest BCUT2D eigenvalue weighted by atomic mass is 16.4. The molecule has 0 unspecified atom stereocenters. The van der Waals surface area contributed by atoms with Crippen molar-refractivity contribution in [2.24, 2.45) is 10.9 Å². The highest BCUT2D eigenvalue weighted by Gasteiger charge is 2.16. The van der Waals surface area contributed by atoms with Crippen LogP contribution in [0.2, 0.25) is 0 Å². The van der Waals surface area contributed by atoms with Crippen molar-refractivity contribution in [1.29, 1.82) is 0 Å². The van der Waals surface area contributed by atoms with Crippen molar-refractivity contribution in [1.82, 2.24) is 4.90 Å². The predicted molar refractivity (Wildman–Crippen MR) is 76.3 cm³/mol. The van der Waals surface area contributed by atoms with Crippen molar-refractivity contribution in [3.05, 3.63) is 34.9 Å². The van der Waals surface area contributed by atoms with Crippen molar-refractivity contribution in [2.75, 3.05) is 13.6 Å². The molecular weight excluding hydrogens is 242 g/mol. The topological polar surface area (TPSA) is 82.1 Å². The van der Waals surface area contributed by atoms with E-state index in [0.29, 0.717) is 12.1 Å². The van der Waals surface area contributed by atoms with Gasteiger partial charge in [0.15, 0.2) is 5.84 Å². The second kappa shape index (κ2) is 6.04. The SMILES string of the molecule is Cc1cc(/C(N)=N/O)ccc1CN(C)CC(C)(C)O. The molecule has 0 aliphatic carbocycles. The maximum atomic E-state index is 9.78. The van der Waals surface area contributed by atoms with Gasteiger partial charge in [-0.3, -0.25) is 4.90 Å². The molecule has 106 valence electrons. The Morgan fingerprint density at radius 3 is 2.53 bits per heavy atom. The molecule has 0 aliphatic rings. The summed E-state index contributed by atoms with van der Waals surface area (Å²) in [6.07, 6.45) is 0. The summed E-state index contributed by atoms with van der Waals surface area (Å²) in [7, 11) is 1.97. The van der Waals surface area contributed by atoms with E-state index >= 15 is 0 Å². The standard InChI is InChI=1S/C14H23N3O2/c1-10-7-11(13(15)16-19)5-6-12(10)8-17(4)9-14(2,3)18/h5-7,18-19H,8-9H2,1-4H3,(H2,15,16). The molecular formula is C14H23N3O2. The Labute approximate surface area is 114 Å². The van der Waals surface area contributed by atoms with E-state index in [2.05, 4.69) is 10.1 Å². The lowest BCUT2D eigenvalue weighted by atomic mass is 10.0. The van der Waals surface area contributed by atoms with Gasteiger partial charge in [0, 0.05) is 18.7 Å². The lowest BCUT2D eigenvalue weighted by Crippen LogP contribution is -2.35. The lowest BCUT2D eigenvalue weighted by Gasteiger charge is -2.26. The van der Waals surface area contributed by atoms with Gasteiger partial charge in [0.25, 0.3) is 0 Å². The molecule has 19 heavy (non-hydrogen) atoms. The van der Waals surface area contributed by atoms with Crippen molar-refractivity contribution in [3.8, 4) is 0 Å². The van der Waals surface area contributed by atoms with Crippen molar-refractivity contribution in [3.63, 3.8) is 0 Å². The van der Waals surface area contributed by atoms with E-state index < -0.39 is 5.60 Å². The molecule has 0 aliphatic heterocycles. The Bertz CT molecular complexity index is 464. The molecule has 0 amide bonds. The van der Waals surface area contributed by atoms with Gasteiger partial charge in [-0.05, 0) is 45.0 Å². The van der Waals surface area contributed by atoms with E-state index in [1.54, 1.807) is 13.8 Å². The molecule has 1 rings (SSSR count). The number of benzene rings is 1. The van der Waals surface area contributed by atoms with Crippen molar-refractivity contribution < 1.29 is 10.3 Å². The van der Waals surface area contributed by atoms with Crippen LogP contribution in [-0.2, 0) is 6.54 Å². The fraction of sp³-hybridized carbons (Fsp3) is 0.500. The number of hydrogen-bond donors (Lipinski definition) is 3. The van der Waals surface area contributed by atoms with Gasteiger partial charge in [0.2, 0.25) is 0 Å². The van der Waals surface area contributed by atoms with Crippen LogP contribution in [0.15, 0.2) is 23.4 Å². The molecule has 1 aromatic carbocycles. The Morgan fingerprint density at radius 1 is 1.42 bits per heavy atom. The zero-order valence-corrected chi connectivity index (χ0v) is 12.0. The number of aryl methyl sites for hydroxylation is 1. The number of nitrogens with two attached hydrogens (primary N) is 1. The minimum Gasteiger partial charge on any atom is -0.409 e. The number of hydrogen-bond acceptors (Lipinski definition) is 4. The van der Waals surface area contributed by atoms with Gasteiger partial charge < -0.3 is 16.0 Å². The van der Waals surface area contributed by atoms with Crippen LogP contribution in [0.5, 0.6) is 0 Å². The first-order valence-electron chi connectivity index (χ1n) is 6.21. The predicted octanol–water partition coefficient (Wildman–Crippen LogP) is 1.29. The molecule has 0 atom stereocenters. The summed E-state index contributed by atoms with van der Waals surface area (Å²) in [5.74, 6) is 0.111. The molecule has 1 aromatic rings. The van der Waals surface area contributed by atoms with E-state index in [1.807, 2.05) is 32.2 Å². The molecule has 0 bridgehead atoms. The van der Waals surface area contributed by atoms with Crippen LogP contribution < -0.4 is 5.73 Å². The fourth-order valence-electron chi connectivity index (χ4n) is 2.10. The summed E-state index contributed by atoms with van der Waals surface area (Å²) in [6.45, 7) is 6.90. The Hall–Kier alpha value is -1.59. The summed E-state index contributed by atoms with van der Waals surface area (Å²) >= 11 is 0. The van der Waals surface area contributed by atoms with E-state index in [9.17, 15) is 5.11 Å². The lowest BCUT2D eigenvalue weighted by molar-refractivity contribution is 0.0424. The summed E-state index contributed by atoms with van der Waals surface area (Å²) in [6, 6.07) is 5.68. The fourth-order valence-corrected chi connectivity index (χ4v) is 2.10. The summed E-state index contributed by atoms with van der Waals surface area (Å²) < 4.78 is 0. The molecule has 4 N–H and O–H groups in total. The molecule has 0 aromatic heterocycles. The molecule has 5 heteroatoms. The first kappa shape index (κ1) is 15.5. The largest absolute Gasteiger partial charge is 0.409 e. The first-order chi connectivity index (χ1) is 8.73. The van der Waals surface area contributed by atoms with E-state index in [1.165, 1.54) is 0 Å². The first-order valence-corrected chi connectivity index (χ1v) is 6.21. The zero-order valence-electron chi connectivity index (χ0n) is 12.0. The van der Waals surface area contributed by atoms with Crippen LogP contribution in [0.3, 0.4) is 0 Å². The van der Waals surface area contributed by atoms with Crippen molar-refractivity contribution in [2.45, 2.75) is 32.9 Å². The van der Waals surface area contributed by atoms with Gasteiger partial charge in [-0.2, -0.15) is 0 Å². The van der Waals surface area contributed by atoms with Gasteiger partial charge in [-0.25, -0.2) is 0 Å². The maximum absolute atomic E-state index is 9.78. The number of nitrogens with zero attached hydrogens (tertiary/aromatic N) is 2. The number of amidine groups is 1. The quantitative estimate of drug-likeness (QED) is 0.324. The third-order valence-electron chi connectivity index (χ3n) is 2.84. The minimum absolute atomic E-state index is 0.111. The Morgan fingerprint density at radius 2 is 2.05 bits per heavy atom. The minimum atomic E-state index is -0.712. The van der Waals surface area contributed by atoms with Gasteiger partial charge in [-0.1, -0.05) is 17.3 Å². The van der Waals surface area contributed by atoms with Crippen LogP contribution in [0.25, 0.3) is 0 Å². The van der Waals surface area contributed by atoms with Crippen LogP contribution >= 0.6 is 0 Å². The van der Waals surface area contributed by atoms with E-state index in [0.717, 1.165) is 17.7 Å². The number of oxime groups is 1. The van der Waals surface area contributed by atoms with Crippen LogP contribution in [0, 0.1) is 6.92 Å². The highest BCUT2D eigenvalue weighted by molar-refractivity contribution is 5.97. The smallest absolute Gasteiger partial charge is 0.170 e. The second-order valence-corrected chi connectivity index (χ2v) is 5.61. The van der Waals surface area contributed by atoms with Gasteiger partial charge in [0.05, 0.1) is 5.60 Å². The zero-order chi connectivity index (χ0) is 14.6. The van der Waals surface area contributed by atoms with Crippen molar-refractivity contribution >= 4 is 5.84 Å². The van der Waals surface area contributed by atoms with Gasteiger partial charge in [0.1, 0.15) is 0 Å². The molecule has 0 radical (unpaired) electrons. The molecule has 0 fully saturated rings. The second-order valence-electron chi connectivity index (χ2n) is 5.61. The molecule has 5 nitrogen and oxygen atoms in total. The monoisotopic (exact) mass is 265 g/mol. The van der Waals surface area contributed by atoms with Crippen LogP contribution in [-0.4, -0.2) is 40.2 Å². The number of rotatable bonds is 5. The van der Waals surface area contributed by atoms with Crippen LogP contribution in [0.1, 0.15) is 30.5 Å². The Kier molecular flexibility index (Phi) is 4.91. The normalized spacial score (nSPS) is 13.1. The number of aliphatic hydroxyl groups is 1. The summed E-state index contributed by atoms with van der Waals surface area (Å²) in [5.41, 5.74) is 7.77. The molecule has 0 saturated heterocycles. The van der Waals surface area contributed by atoms with E-state index in [4.69, 9.17) is 10.9 Å². The Balaban J connectivity index is 2.81. The number of likely N-dealkylation sites (N-methyl/N-ethyl adjacent to an activating group) is 1. The summed E-state index contributed by atoms with van der Waals surface area (Å²) in [5, 5.41) is 21.4. The average molecular weight is 265 g/mol. The maximum Gasteiger partial charge on any atom is 0.170 e. The average Bonchev–Trinajstić information content (AvgIpc) is 2.28. The molecule has 0 spiro atoms. The van der Waals surface area contributed by atoms with Gasteiger partial charge >= 0.3 is 0 Å². The highest BCUT2D eigenvalue weighted by Crippen LogP contribution is 2.14. The van der Waals surface area contributed by atoms with Gasteiger partial charge in [-0.15, -0.1) is 0 Å².